The number of ether oxygens (including phenoxy) is 1. The highest BCUT2D eigenvalue weighted by atomic mass is 16.5. The highest BCUT2D eigenvalue weighted by Gasteiger charge is 2.29. The summed E-state index contributed by atoms with van der Waals surface area (Å²) in [6.07, 6.45) is 0. The Bertz CT molecular complexity index is 225. The second-order valence-electron chi connectivity index (χ2n) is 3.24. The minimum absolute atomic E-state index is 0.0977. The number of urea groups is 1. The van der Waals surface area contributed by atoms with Crippen LogP contribution in [0, 0.1) is 5.92 Å². The zero-order chi connectivity index (χ0) is 10.6. The minimum atomic E-state index is -0.965. The zero-order valence-electron chi connectivity index (χ0n) is 8.02. The highest BCUT2D eigenvalue weighted by Crippen LogP contribution is 2.15. The Balaban J connectivity index is 2.04. The van der Waals surface area contributed by atoms with E-state index in [4.69, 9.17) is 9.84 Å². The first-order valence-corrected chi connectivity index (χ1v) is 4.39. The van der Waals surface area contributed by atoms with Crippen molar-refractivity contribution >= 4 is 12.0 Å². The van der Waals surface area contributed by atoms with Gasteiger partial charge in [-0.2, -0.15) is 0 Å². The van der Waals surface area contributed by atoms with E-state index in [1.54, 1.807) is 11.9 Å². The summed E-state index contributed by atoms with van der Waals surface area (Å²) in [5.74, 6) is -0.695. The molecule has 0 spiro atoms. The number of hydrogen-bond donors (Lipinski definition) is 2. The normalized spacial score (nSPS) is 16.2. The quantitative estimate of drug-likeness (QED) is 0.635. The fourth-order valence-corrected chi connectivity index (χ4v) is 1.31. The summed E-state index contributed by atoms with van der Waals surface area (Å²) in [5.41, 5.74) is 0. The van der Waals surface area contributed by atoms with E-state index < -0.39 is 5.97 Å². The predicted molar refractivity (Wildman–Crippen MR) is 48.0 cm³/mol. The lowest BCUT2D eigenvalue weighted by Crippen LogP contribution is -2.54. The van der Waals surface area contributed by atoms with Crippen LogP contribution in [0.2, 0.25) is 0 Å². The van der Waals surface area contributed by atoms with Crippen molar-refractivity contribution < 1.29 is 19.4 Å². The van der Waals surface area contributed by atoms with E-state index >= 15 is 0 Å². The molecule has 2 amide bonds. The molecule has 2 N–H and O–H groups in total. The molecule has 0 atom stereocenters. The molecule has 0 aromatic heterocycles. The standard InChI is InChI=1S/C8H14N2O4/c1-9-8(13)10-2-6(3-10)4-14-5-7(11)12/h6H,2-5H2,1H3,(H,9,13)(H,11,12). The second kappa shape index (κ2) is 4.80. The molecule has 0 unspecified atom stereocenters. The van der Waals surface area contributed by atoms with Crippen molar-refractivity contribution in [3.8, 4) is 0 Å². The van der Waals surface area contributed by atoms with Crippen LogP contribution in [0.4, 0.5) is 4.79 Å². The molecule has 14 heavy (non-hydrogen) atoms. The van der Waals surface area contributed by atoms with Gasteiger partial charge in [0.05, 0.1) is 6.61 Å². The van der Waals surface area contributed by atoms with E-state index in [9.17, 15) is 9.59 Å². The smallest absolute Gasteiger partial charge is 0.329 e. The first-order valence-electron chi connectivity index (χ1n) is 4.39. The van der Waals surface area contributed by atoms with Crippen LogP contribution in [0.25, 0.3) is 0 Å². The van der Waals surface area contributed by atoms with Crippen LogP contribution in [-0.2, 0) is 9.53 Å². The number of carbonyl (C=O) groups excluding carboxylic acids is 1. The maximum absolute atomic E-state index is 11.0. The predicted octanol–water partition coefficient (Wildman–Crippen LogP) is -0.641. The van der Waals surface area contributed by atoms with Crippen LogP contribution in [0.5, 0.6) is 0 Å². The third kappa shape index (κ3) is 2.88. The number of amides is 2. The van der Waals surface area contributed by atoms with Crippen LogP contribution in [0.15, 0.2) is 0 Å². The van der Waals surface area contributed by atoms with Gasteiger partial charge >= 0.3 is 12.0 Å². The molecule has 1 aliphatic heterocycles. The fraction of sp³-hybridized carbons (Fsp3) is 0.750. The van der Waals surface area contributed by atoms with Crippen LogP contribution >= 0.6 is 0 Å². The summed E-state index contributed by atoms with van der Waals surface area (Å²) < 4.78 is 4.90. The topological polar surface area (TPSA) is 78.9 Å². The Hall–Kier alpha value is -1.30. The van der Waals surface area contributed by atoms with Crippen LogP contribution in [0.1, 0.15) is 0 Å². The highest BCUT2D eigenvalue weighted by molar-refractivity contribution is 5.74. The number of aliphatic carboxylic acids is 1. The van der Waals surface area contributed by atoms with Gasteiger partial charge in [-0.15, -0.1) is 0 Å². The van der Waals surface area contributed by atoms with Gasteiger partial charge in [0.1, 0.15) is 6.61 Å². The molecule has 1 fully saturated rings. The van der Waals surface area contributed by atoms with Crippen molar-refractivity contribution in [2.75, 3.05) is 33.4 Å². The summed E-state index contributed by atoms with van der Waals surface area (Å²) in [6, 6.07) is -0.0977. The van der Waals surface area contributed by atoms with E-state index in [1.165, 1.54) is 0 Å². The van der Waals surface area contributed by atoms with Gasteiger partial charge < -0.3 is 20.1 Å². The number of carbonyl (C=O) groups is 2. The van der Waals surface area contributed by atoms with E-state index in [-0.39, 0.29) is 18.6 Å². The third-order valence-corrected chi connectivity index (χ3v) is 2.04. The van der Waals surface area contributed by atoms with E-state index in [1.807, 2.05) is 0 Å². The van der Waals surface area contributed by atoms with Crippen molar-refractivity contribution in [3.05, 3.63) is 0 Å². The number of likely N-dealkylation sites (tertiary alicyclic amines) is 1. The minimum Gasteiger partial charge on any atom is -0.480 e. The lowest BCUT2D eigenvalue weighted by atomic mass is 10.0. The number of nitrogens with one attached hydrogen (secondary N) is 1. The lowest BCUT2D eigenvalue weighted by Gasteiger charge is -2.38. The maximum Gasteiger partial charge on any atom is 0.329 e. The molecule has 0 aliphatic carbocycles. The molecule has 0 radical (unpaired) electrons. The molecule has 1 rings (SSSR count). The van der Waals surface area contributed by atoms with Crippen LogP contribution < -0.4 is 5.32 Å². The van der Waals surface area contributed by atoms with Gasteiger partial charge in [-0.05, 0) is 0 Å². The van der Waals surface area contributed by atoms with Gasteiger partial charge in [0, 0.05) is 26.1 Å². The first-order chi connectivity index (χ1) is 6.63. The molecule has 6 nitrogen and oxygen atoms in total. The number of hydrogen-bond acceptors (Lipinski definition) is 3. The molecule has 0 aromatic carbocycles. The maximum atomic E-state index is 11.0. The molecular formula is C8H14N2O4. The van der Waals surface area contributed by atoms with Gasteiger partial charge in [-0.1, -0.05) is 0 Å². The first kappa shape index (κ1) is 10.8. The summed E-state index contributed by atoms with van der Waals surface area (Å²) in [6.45, 7) is 1.41. The summed E-state index contributed by atoms with van der Waals surface area (Å²) in [4.78, 5) is 22.8. The Kier molecular flexibility index (Phi) is 3.70. The number of nitrogens with zero attached hydrogens (tertiary/aromatic N) is 1. The van der Waals surface area contributed by atoms with Gasteiger partial charge in [0.25, 0.3) is 0 Å². The monoisotopic (exact) mass is 202 g/mol. The molecule has 1 aliphatic rings. The van der Waals surface area contributed by atoms with Crippen LogP contribution in [0.3, 0.4) is 0 Å². The molecule has 0 bridgehead atoms. The van der Waals surface area contributed by atoms with Crippen LogP contribution in [-0.4, -0.2) is 55.4 Å². The molecular weight excluding hydrogens is 188 g/mol. The van der Waals surface area contributed by atoms with Gasteiger partial charge in [-0.3, -0.25) is 0 Å². The Morgan fingerprint density at radius 2 is 2.21 bits per heavy atom. The number of carboxylic acid groups (broad SMARTS) is 1. The molecule has 1 heterocycles. The SMILES string of the molecule is CNC(=O)N1CC(COCC(=O)O)C1. The number of rotatable bonds is 4. The molecule has 1 saturated heterocycles. The van der Waals surface area contributed by atoms with Crippen molar-refractivity contribution in [3.63, 3.8) is 0 Å². The zero-order valence-corrected chi connectivity index (χ0v) is 8.02. The molecule has 0 aromatic rings. The summed E-state index contributed by atoms with van der Waals surface area (Å²) >= 11 is 0. The van der Waals surface area contributed by atoms with E-state index in [2.05, 4.69) is 5.32 Å². The van der Waals surface area contributed by atoms with Crippen molar-refractivity contribution in [2.45, 2.75) is 0 Å². The third-order valence-electron chi connectivity index (χ3n) is 2.04. The van der Waals surface area contributed by atoms with E-state index in [0.717, 1.165) is 0 Å². The average molecular weight is 202 g/mol. The molecule has 0 saturated carbocycles. The second-order valence-corrected chi connectivity index (χ2v) is 3.24. The summed E-state index contributed by atoms with van der Waals surface area (Å²) in [7, 11) is 1.58. The van der Waals surface area contributed by atoms with E-state index in [0.29, 0.717) is 19.7 Å². The average Bonchev–Trinajstić information content (AvgIpc) is 2.07. The van der Waals surface area contributed by atoms with Crippen molar-refractivity contribution in [1.82, 2.24) is 10.2 Å². The fourth-order valence-electron chi connectivity index (χ4n) is 1.31. The van der Waals surface area contributed by atoms with Gasteiger partial charge in [0.2, 0.25) is 0 Å². The largest absolute Gasteiger partial charge is 0.480 e. The Morgan fingerprint density at radius 3 is 2.71 bits per heavy atom. The summed E-state index contributed by atoms with van der Waals surface area (Å²) in [5, 5.41) is 10.8. The van der Waals surface area contributed by atoms with Crippen molar-refractivity contribution in [1.29, 1.82) is 0 Å². The van der Waals surface area contributed by atoms with Crippen molar-refractivity contribution in [2.24, 2.45) is 5.92 Å². The lowest BCUT2D eigenvalue weighted by molar-refractivity contribution is -0.143. The number of carboxylic acids is 1. The van der Waals surface area contributed by atoms with Gasteiger partial charge in [0.15, 0.2) is 0 Å². The van der Waals surface area contributed by atoms with Gasteiger partial charge in [-0.25, -0.2) is 9.59 Å². The molecule has 6 heteroatoms. The Labute approximate surface area is 81.8 Å². The Morgan fingerprint density at radius 1 is 1.57 bits per heavy atom. The molecule has 80 valence electrons.